The van der Waals surface area contributed by atoms with Crippen LogP contribution < -0.4 is 5.32 Å². The van der Waals surface area contributed by atoms with E-state index in [2.05, 4.69) is 5.32 Å². The normalized spacial score (nSPS) is 51.1. The maximum Gasteiger partial charge on any atom is 0.217 e. The smallest absolute Gasteiger partial charge is 0.217 e. The second kappa shape index (κ2) is 11.6. The SMILES string of the molecule is CO[C@H]1[C@H](O[C@@H]2[C@@H](O)[C@H](C)O[C@@H](O[C@@H]3[C@@H](O)[C@H](C)O[C@@H](O)[C@@H]3O)[C@@H]2O)O[C@H](C)[C@@H](NC(C)=O)[C@@H]1O. The van der Waals surface area contributed by atoms with Crippen molar-refractivity contribution >= 4 is 5.91 Å². The molecule has 3 saturated heterocycles. The number of carbonyl (C=O) groups excluding carboxylic acids is 1. The molecule has 0 bridgehead atoms. The van der Waals surface area contributed by atoms with Crippen LogP contribution in [-0.2, 0) is 33.2 Å². The van der Waals surface area contributed by atoms with Gasteiger partial charge in [-0.2, -0.15) is 0 Å². The maximum absolute atomic E-state index is 11.5. The number of aliphatic hydroxyl groups is 6. The number of rotatable bonds is 6. The molecule has 14 heteroatoms. The molecule has 0 saturated carbocycles. The Balaban J connectivity index is 1.75. The number of carbonyl (C=O) groups is 1. The lowest BCUT2D eigenvalue weighted by atomic mass is 9.95. The molecule has 0 aromatic carbocycles. The zero-order valence-electron chi connectivity index (χ0n) is 20.2. The van der Waals surface area contributed by atoms with Crippen molar-refractivity contribution < 1.29 is 63.9 Å². The van der Waals surface area contributed by atoms with Gasteiger partial charge in [0.25, 0.3) is 0 Å². The van der Waals surface area contributed by atoms with Gasteiger partial charge < -0.3 is 64.4 Å². The minimum Gasteiger partial charge on any atom is -0.388 e. The van der Waals surface area contributed by atoms with E-state index >= 15 is 0 Å². The van der Waals surface area contributed by atoms with Crippen molar-refractivity contribution in [3.63, 3.8) is 0 Å². The van der Waals surface area contributed by atoms with Crippen molar-refractivity contribution in [1.82, 2.24) is 5.32 Å². The lowest BCUT2D eigenvalue weighted by molar-refractivity contribution is -0.371. The predicted molar refractivity (Wildman–Crippen MR) is 113 cm³/mol. The van der Waals surface area contributed by atoms with Gasteiger partial charge in [-0.05, 0) is 20.8 Å². The zero-order valence-corrected chi connectivity index (χ0v) is 20.2. The summed E-state index contributed by atoms with van der Waals surface area (Å²) in [6, 6.07) is -0.790. The topological polar surface area (TPSA) is 206 Å². The Bertz CT molecular complexity index is 701. The molecule has 1 amide bonds. The highest BCUT2D eigenvalue weighted by molar-refractivity contribution is 5.73. The molecule has 7 N–H and O–H groups in total. The molecule has 3 fully saturated rings. The van der Waals surface area contributed by atoms with E-state index in [0.717, 1.165) is 0 Å². The average Bonchev–Trinajstić information content (AvgIpc) is 2.78. The first-order chi connectivity index (χ1) is 16.4. The van der Waals surface area contributed by atoms with Crippen LogP contribution in [0.25, 0.3) is 0 Å². The minimum absolute atomic E-state index is 0.375. The molecule has 35 heavy (non-hydrogen) atoms. The molecular formula is C21H37NO13. The fraction of sp³-hybridized carbons (Fsp3) is 0.952. The van der Waals surface area contributed by atoms with Gasteiger partial charge in [0, 0.05) is 14.0 Å². The molecule has 3 aliphatic rings. The fourth-order valence-corrected chi connectivity index (χ4v) is 4.57. The van der Waals surface area contributed by atoms with Crippen LogP contribution in [0.4, 0.5) is 0 Å². The van der Waals surface area contributed by atoms with Gasteiger partial charge in [0.05, 0.1) is 24.4 Å². The largest absolute Gasteiger partial charge is 0.388 e. The first-order valence-corrected chi connectivity index (χ1v) is 11.5. The summed E-state index contributed by atoms with van der Waals surface area (Å²) in [5, 5.41) is 65.4. The first kappa shape index (κ1) is 28.6. The summed E-state index contributed by atoms with van der Waals surface area (Å²) in [5.41, 5.74) is 0. The van der Waals surface area contributed by atoms with Gasteiger partial charge in [-0.1, -0.05) is 0 Å². The summed E-state index contributed by atoms with van der Waals surface area (Å²) < 4.78 is 33.2. The lowest BCUT2D eigenvalue weighted by Crippen LogP contribution is -2.67. The molecule has 3 rings (SSSR count). The van der Waals surface area contributed by atoms with E-state index in [1.54, 1.807) is 6.92 Å². The van der Waals surface area contributed by atoms with Crippen LogP contribution in [-0.4, -0.2) is 136 Å². The van der Waals surface area contributed by atoms with Crippen molar-refractivity contribution in [2.24, 2.45) is 0 Å². The number of ether oxygens (including phenoxy) is 6. The lowest BCUT2D eigenvalue weighted by Gasteiger charge is -2.48. The van der Waals surface area contributed by atoms with E-state index in [1.165, 1.54) is 27.9 Å². The molecule has 14 nitrogen and oxygen atoms in total. The molecule has 204 valence electrons. The Hall–Kier alpha value is -1.01. The Morgan fingerprint density at radius 2 is 1.20 bits per heavy atom. The maximum atomic E-state index is 11.5. The minimum atomic E-state index is -1.64. The van der Waals surface area contributed by atoms with Crippen LogP contribution in [0.15, 0.2) is 0 Å². The number of nitrogens with one attached hydrogen (secondary N) is 1. The predicted octanol–water partition coefficient (Wildman–Crippen LogP) is -3.69. The molecule has 3 aliphatic heterocycles. The molecule has 0 aromatic heterocycles. The molecule has 3 heterocycles. The summed E-state index contributed by atoms with van der Waals surface area (Å²) in [6.45, 7) is 5.87. The molecule has 0 unspecified atom stereocenters. The second-order valence-electron chi connectivity index (χ2n) is 9.23. The van der Waals surface area contributed by atoms with Gasteiger partial charge in [-0.15, -0.1) is 0 Å². The van der Waals surface area contributed by atoms with E-state index in [0.29, 0.717) is 0 Å². The first-order valence-electron chi connectivity index (χ1n) is 11.5. The van der Waals surface area contributed by atoms with Crippen molar-refractivity contribution in [2.75, 3.05) is 7.11 Å². The summed E-state index contributed by atoms with van der Waals surface area (Å²) >= 11 is 0. The number of amides is 1. The highest BCUT2D eigenvalue weighted by Crippen LogP contribution is 2.32. The molecular weight excluding hydrogens is 474 g/mol. The number of hydrogen-bond acceptors (Lipinski definition) is 13. The van der Waals surface area contributed by atoms with Gasteiger partial charge in [0.2, 0.25) is 5.91 Å². The Morgan fingerprint density at radius 3 is 1.77 bits per heavy atom. The molecule has 0 spiro atoms. The van der Waals surface area contributed by atoms with Gasteiger partial charge in [0.15, 0.2) is 18.9 Å². The summed E-state index contributed by atoms with van der Waals surface area (Å²) in [5.74, 6) is -0.375. The van der Waals surface area contributed by atoms with Crippen LogP contribution in [0.1, 0.15) is 27.7 Å². The summed E-state index contributed by atoms with van der Waals surface area (Å²) in [4.78, 5) is 11.5. The third-order valence-corrected chi connectivity index (χ3v) is 6.63. The highest BCUT2D eigenvalue weighted by Gasteiger charge is 2.52. The van der Waals surface area contributed by atoms with Gasteiger partial charge in [-0.25, -0.2) is 0 Å². The highest BCUT2D eigenvalue weighted by atomic mass is 16.7. The van der Waals surface area contributed by atoms with Crippen LogP contribution in [0.2, 0.25) is 0 Å². The third kappa shape index (κ3) is 5.95. The van der Waals surface area contributed by atoms with E-state index < -0.39 is 92.1 Å². The van der Waals surface area contributed by atoms with Crippen LogP contribution in [0.3, 0.4) is 0 Å². The van der Waals surface area contributed by atoms with Crippen molar-refractivity contribution in [3.05, 3.63) is 0 Å². The number of aliphatic hydroxyl groups excluding tert-OH is 6. The van der Waals surface area contributed by atoms with E-state index in [1.807, 2.05) is 0 Å². The quantitative estimate of drug-likeness (QED) is 0.184. The van der Waals surface area contributed by atoms with Crippen molar-refractivity contribution in [2.45, 2.75) is 120 Å². The van der Waals surface area contributed by atoms with Crippen molar-refractivity contribution in [3.8, 4) is 0 Å². The van der Waals surface area contributed by atoms with Gasteiger partial charge >= 0.3 is 0 Å². The second-order valence-corrected chi connectivity index (χ2v) is 9.23. The van der Waals surface area contributed by atoms with Crippen LogP contribution in [0.5, 0.6) is 0 Å². The Kier molecular flexibility index (Phi) is 9.45. The van der Waals surface area contributed by atoms with Crippen LogP contribution in [0, 0.1) is 0 Å². The Labute approximate surface area is 202 Å². The molecule has 15 atom stereocenters. The van der Waals surface area contributed by atoms with Crippen molar-refractivity contribution in [1.29, 1.82) is 0 Å². The third-order valence-electron chi connectivity index (χ3n) is 6.63. The van der Waals surface area contributed by atoms with Gasteiger partial charge in [0.1, 0.15) is 48.8 Å². The van der Waals surface area contributed by atoms with E-state index in [4.69, 9.17) is 28.4 Å². The summed E-state index contributed by atoms with van der Waals surface area (Å²) in [6.07, 6.45) is -17.9. The number of hydrogen-bond donors (Lipinski definition) is 7. The summed E-state index contributed by atoms with van der Waals surface area (Å²) in [7, 11) is 1.31. The van der Waals surface area contributed by atoms with Gasteiger partial charge in [-0.3, -0.25) is 4.79 Å². The Morgan fingerprint density at radius 1 is 0.686 bits per heavy atom. The van der Waals surface area contributed by atoms with Crippen LogP contribution >= 0.6 is 0 Å². The monoisotopic (exact) mass is 511 g/mol. The zero-order chi connectivity index (χ0) is 26.2. The van der Waals surface area contributed by atoms with E-state index in [-0.39, 0.29) is 5.91 Å². The number of methoxy groups -OCH3 is 1. The molecule has 0 aliphatic carbocycles. The standard InChI is InChI=1S/C21H37NO13/c1-6-10(22-9(4)23)13(26)18(30-5)21(32-6)35-17-12(25)8(3)33-20(15(17)28)34-16-11(24)7(2)31-19(29)14(16)27/h6-8,10-21,24-29H,1-5H3,(H,22,23)/t6-,7+,8+,10-,11+,12+,13+,14-,15-,16-,17-,18-,19-,20+,21+/m1/s1. The fourth-order valence-electron chi connectivity index (χ4n) is 4.57. The average molecular weight is 512 g/mol. The molecule has 0 radical (unpaired) electrons. The van der Waals surface area contributed by atoms with E-state index in [9.17, 15) is 35.4 Å². The molecule has 0 aromatic rings.